The van der Waals surface area contributed by atoms with Crippen LogP contribution in [0.4, 0.5) is 23.2 Å². The largest absolute Gasteiger partial charge is 0.466 e. The maximum absolute atomic E-state index is 14.2. The van der Waals surface area contributed by atoms with Crippen molar-refractivity contribution in [2.75, 3.05) is 12.0 Å². The smallest absolute Gasteiger partial charge is 0.331 e. The summed E-state index contributed by atoms with van der Waals surface area (Å²) >= 11 is 0. The van der Waals surface area contributed by atoms with Crippen LogP contribution in [0.25, 0.3) is 0 Å². The Kier molecular flexibility index (Phi) is 4.72. The molecule has 1 fully saturated rings. The third-order valence-corrected chi connectivity index (χ3v) is 3.37. The van der Waals surface area contributed by atoms with E-state index in [0.717, 1.165) is 31.2 Å². The van der Waals surface area contributed by atoms with Crippen molar-refractivity contribution in [2.45, 2.75) is 25.8 Å². The van der Waals surface area contributed by atoms with Gasteiger partial charge in [0.15, 0.2) is 29.1 Å². The maximum atomic E-state index is 14.2. The molecule has 1 aromatic rings. The summed E-state index contributed by atoms with van der Waals surface area (Å²) < 4.78 is 59.4. The van der Waals surface area contributed by atoms with Crippen molar-refractivity contribution in [3.8, 4) is 0 Å². The first-order valence-corrected chi connectivity index (χ1v) is 6.71. The highest BCUT2D eigenvalue weighted by molar-refractivity contribution is 6.00. The molecule has 8 heteroatoms. The first kappa shape index (κ1) is 17.0. The highest BCUT2D eigenvalue weighted by Gasteiger charge is 2.36. The SMILES string of the molecule is COC(=O)/C=C/N(c1c(F)c(F)c(F)c(F)c1C(C)=O)C1CC1. The van der Waals surface area contributed by atoms with Crippen molar-refractivity contribution < 1.29 is 31.9 Å². The lowest BCUT2D eigenvalue weighted by Crippen LogP contribution is -2.25. The third-order valence-electron chi connectivity index (χ3n) is 3.37. The van der Waals surface area contributed by atoms with Crippen molar-refractivity contribution in [2.24, 2.45) is 0 Å². The van der Waals surface area contributed by atoms with E-state index in [1.807, 2.05) is 0 Å². The monoisotopic (exact) mass is 331 g/mol. The number of Topliss-reactive ketones (excluding diaryl/α,β-unsaturated/α-hetero) is 1. The molecule has 0 bridgehead atoms. The number of carbonyl (C=O) groups is 2. The number of rotatable bonds is 5. The molecular formula is C15H13F4NO3. The number of hydrogen-bond acceptors (Lipinski definition) is 4. The van der Waals surface area contributed by atoms with Crippen LogP contribution < -0.4 is 4.90 Å². The average Bonchev–Trinajstić information content (AvgIpc) is 3.34. The number of anilines is 1. The average molecular weight is 331 g/mol. The normalized spacial score (nSPS) is 14.2. The molecule has 23 heavy (non-hydrogen) atoms. The molecule has 0 amide bonds. The maximum Gasteiger partial charge on any atom is 0.331 e. The van der Waals surface area contributed by atoms with E-state index in [0.29, 0.717) is 12.8 Å². The summed E-state index contributed by atoms with van der Waals surface area (Å²) in [7, 11) is 1.12. The number of methoxy groups -OCH3 is 1. The zero-order valence-electron chi connectivity index (χ0n) is 12.3. The van der Waals surface area contributed by atoms with Crippen LogP contribution in [0.1, 0.15) is 30.1 Å². The van der Waals surface area contributed by atoms with E-state index >= 15 is 0 Å². The molecule has 1 aliphatic rings. The minimum absolute atomic E-state index is 0.354. The lowest BCUT2D eigenvalue weighted by Gasteiger charge is -2.23. The number of esters is 1. The van der Waals surface area contributed by atoms with Gasteiger partial charge in [0.25, 0.3) is 0 Å². The first-order valence-electron chi connectivity index (χ1n) is 6.71. The molecule has 0 unspecified atom stereocenters. The van der Waals surface area contributed by atoms with E-state index in [9.17, 15) is 27.2 Å². The molecule has 0 aromatic heterocycles. The Morgan fingerprint density at radius 3 is 2.13 bits per heavy atom. The van der Waals surface area contributed by atoms with Gasteiger partial charge in [0.05, 0.1) is 18.4 Å². The fraction of sp³-hybridized carbons (Fsp3) is 0.333. The van der Waals surface area contributed by atoms with Crippen LogP contribution in [-0.2, 0) is 9.53 Å². The van der Waals surface area contributed by atoms with Crippen molar-refractivity contribution in [1.29, 1.82) is 0 Å². The second kappa shape index (κ2) is 6.39. The Bertz CT molecular complexity index is 699. The van der Waals surface area contributed by atoms with Crippen LogP contribution in [0.2, 0.25) is 0 Å². The van der Waals surface area contributed by atoms with Crippen LogP contribution in [-0.4, -0.2) is 24.9 Å². The lowest BCUT2D eigenvalue weighted by molar-refractivity contribution is -0.134. The molecular weight excluding hydrogens is 318 g/mol. The molecule has 0 saturated heterocycles. The molecule has 1 aromatic carbocycles. The summed E-state index contributed by atoms with van der Waals surface area (Å²) in [6, 6.07) is -0.354. The second-order valence-electron chi connectivity index (χ2n) is 5.01. The molecule has 0 spiro atoms. The summed E-state index contributed by atoms with van der Waals surface area (Å²) in [5.74, 6) is -9.25. The van der Waals surface area contributed by atoms with Gasteiger partial charge < -0.3 is 9.64 Å². The lowest BCUT2D eigenvalue weighted by atomic mass is 10.1. The number of carbonyl (C=O) groups excluding carboxylic acids is 2. The van der Waals surface area contributed by atoms with Gasteiger partial charge in [-0.2, -0.15) is 0 Å². The van der Waals surface area contributed by atoms with Gasteiger partial charge in [0.1, 0.15) is 0 Å². The quantitative estimate of drug-likeness (QED) is 0.208. The molecule has 0 atom stereocenters. The summed E-state index contributed by atoms with van der Waals surface area (Å²) in [5.41, 5.74) is -1.63. The summed E-state index contributed by atoms with van der Waals surface area (Å²) in [6.07, 6.45) is 3.10. The summed E-state index contributed by atoms with van der Waals surface area (Å²) in [4.78, 5) is 23.8. The zero-order valence-corrected chi connectivity index (χ0v) is 12.3. The molecule has 2 rings (SSSR count). The molecule has 0 heterocycles. The minimum Gasteiger partial charge on any atom is -0.466 e. The Morgan fingerprint density at radius 2 is 1.65 bits per heavy atom. The standard InChI is InChI=1S/C15H13F4NO3/c1-7(21)10-11(16)12(17)13(18)14(19)15(10)20(8-3-4-8)6-5-9(22)23-2/h5-6,8H,3-4H2,1-2H3/b6-5+. The van der Waals surface area contributed by atoms with Crippen molar-refractivity contribution >= 4 is 17.4 Å². The summed E-state index contributed by atoms with van der Waals surface area (Å²) in [5, 5.41) is 0. The van der Waals surface area contributed by atoms with Crippen LogP contribution in [0.15, 0.2) is 12.3 Å². The third kappa shape index (κ3) is 3.20. The number of ketones is 1. The van der Waals surface area contributed by atoms with E-state index in [1.165, 1.54) is 0 Å². The number of benzene rings is 1. The topological polar surface area (TPSA) is 46.6 Å². The van der Waals surface area contributed by atoms with Gasteiger partial charge in [-0.05, 0) is 19.8 Å². The molecule has 0 N–H and O–H groups in total. The number of hydrogen-bond donors (Lipinski definition) is 0. The highest BCUT2D eigenvalue weighted by Crippen LogP contribution is 2.38. The summed E-state index contributed by atoms with van der Waals surface area (Å²) in [6.45, 7) is 0.911. The van der Waals surface area contributed by atoms with Gasteiger partial charge in [0.2, 0.25) is 0 Å². The first-order chi connectivity index (χ1) is 10.8. The van der Waals surface area contributed by atoms with Crippen LogP contribution in [0.3, 0.4) is 0 Å². The van der Waals surface area contributed by atoms with Crippen molar-refractivity contribution in [3.05, 3.63) is 41.1 Å². The van der Waals surface area contributed by atoms with Gasteiger partial charge >= 0.3 is 5.97 Å². The molecule has 4 nitrogen and oxygen atoms in total. The molecule has 0 radical (unpaired) electrons. The number of nitrogens with zero attached hydrogens (tertiary/aromatic N) is 1. The van der Waals surface area contributed by atoms with Crippen LogP contribution in [0.5, 0.6) is 0 Å². The Morgan fingerprint density at radius 1 is 1.09 bits per heavy atom. The molecule has 124 valence electrons. The predicted octanol–water partition coefficient (Wildman–Crippen LogP) is 3.10. The molecule has 1 aliphatic carbocycles. The van der Waals surface area contributed by atoms with E-state index < -0.39 is 46.3 Å². The highest BCUT2D eigenvalue weighted by atomic mass is 19.2. The van der Waals surface area contributed by atoms with Gasteiger partial charge in [0, 0.05) is 18.3 Å². The van der Waals surface area contributed by atoms with Crippen LogP contribution in [0, 0.1) is 23.3 Å². The Balaban J connectivity index is 2.65. The van der Waals surface area contributed by atoms with Gasteiger partial charge in [-0.1, -0.05) is 0 Å². The van der Waals surface area contributed by atoms with Gasteiger partial charge in [-0.25, -0.2) is 22.4 Å². The van der Waals surface area contributed by atoms with E-state index in [4.69, 9.17) is 0 Å². The van der Waals surface area contributed by atoms with Crippen molar-refractivity contribution in [3.63, 3.8) is 0 Å². The Hall–Kier alpha value is -2.38. The predicted molar refractivity (Wildman–Crippen MR) is 72.9 cm³/mol. The fourth-order valence-corrected chi connectivity index (χ4v) is 2.12. The molecule has 1 saturated carbocycles. The fourth-order valence-electron chi connectivity index (χ4n) is 2.12. The zero-order chi connectivity index (χ0) is 17.3. The van der Waals surface area contributed by atoms with Crippen molar-refractivity contribution in [1.82, 2.24) is 0 Å². The Labute approximate surface area is 129 Å². The molecule has 0 aliphatic heterocycles. The van der Waals surface area contributed by atoms with E-state index in [-0.39, 0.29) is 6.04 Å². The van der Waals surface area contributed by atoms with E-state index in [1.54, 1.807) is 0 Å². The van der Waals surface area contributed by atoms with Gasteiger partial charge in [-0.3, -0.25) is 4.79 Å². The number of ether oxygens (including phenoxy) is 1. The number of halogens is 4. The second-order valence-corrected chi connectivity index (χ2v) is 5.01. The van der Waals surface area contributed by atoms with Gasteiger partial charge in [-0.15, -0.1) is 0 Å². The van der Waals surface area contributed by atoms with E-state index in [2.05, 4.69) is 4.74 Å². The minimum atomic E-state index is -2.05. The van der Waals surface area contributed by atoms with Crippen LogP contribution >= 0.6 is 0 Å².